The Labute approximate surface area is 104 Å². The molecule has 1 aliphatic rings. The molecule has 2 atom stereocenters. The monoisotopic (exact) mass is 233 g/mol. The molecule has 1 aromatic carbocycles. The first kappa shape index (κ1) is 12.4. The molecule has 1 N–H and O–H groups in total. The van der Waals surface area contributed by atoms with Crippen molar-refractivity contribution in [2.45, 2.75) is 33.7 Å². The first-order valence-electron chi connectivity index (χ1n) is 6.55. The highest BCUT2D eigenvalue weighted by Crippen LogP contribution is 2.25. The lowest BCUT2D eigenvalue weighted by Gasteiger charge is -2.35. The van der Waals surface area contributed by atoms with Crippen molar-refractivity contribution in [3.8, 4) is 5.75 Å². The number of phenolic OH excluding ortho intramolecular Hbond substituents is 1. The second-order valence-corrected chi connectivity index (χ2v) is 5.77. The van der Waals surface area contributed by atoms with Crippen molar-refractivity contribution in [1.82, 2.24) is 4.90 Å². The molecule has 1 aliphatic heterocycles. The topological polar surface area (TPSA) is 23.5 Å². The summed E-state index contributed by atoms with van der Waals surface area (Å²) in [5.74, 6) is 1.97. The molecule has 0 bridgehead atoms. The maximum Gasteiger partial charge on any atom is 0.120 e. The minimum atomic E-state index is 0.432. The van der Waals surface area contributed by atoms with E-state index in [-0.39, 0.29) is 0 Å². The zero-order valence-corrected chi connectivity index (χ0v) is 11.1. The van der Waals surface area contributed by atoms with Crippen LogP contribution in [0.4, 0.5) is 0 Å². The summed E-state index contributed by atoms with van der Waals surface area (Å²) < 4.78 is 0. The molecule has 94 valence electrons. The number of hydrogen-bond acceptors (Lipinski definition) is 2. The van der Waals surface area contributed by atoms with Gasteiger partial charge in [0.05, 0.1) is 0 Å². The highest BCUT2D eigenvalue weighted by atomic mass is 16.3. The van der Waals surface area contributed by atoms with Gasteiger partial charge in [0.2, 0.25) is 0 Å². The summed E-state index contributed by atoms with van der Waals surface area (Å²) in [6, 6.07) is 5.86. The minimum absolute atomic E-state index is 0.432. The largest absolute Gasteiger partial charge is 0.508 e. The summed E-state index contributed by atoms with van der Waals surface area (Å²) >= 11 is 0. The second kappa shape index (κ2) is 5.09. The molecule has 1 fully saturated rings. The van der Waals surface area contributed by atoms with E-state index in [0.717, 1.165) is 37.0 Å². The molecule has 2 nitrogen and oxygen atoms in total. The fraction of sp³-hybridized carbons (Fsp3) is 0.600. The van der Waals surface area contributed by atoms with Gasteiger partial charge in [-0.15, -0.1) is 0 Å². The Kier molecular flexibility index (Phi) is 3.72. The summed E-state index contributed by atoms with van der Waals surface area (Å²) in [4.78, 5) is 2.47. The van der Waals surface area contributed by atoms with Crippen LogP contribution in [0, 0.1) is 18.8 Å². The van der Waals surface area contributed by atoms with Crippen LogP contribution in [-0.2, 0) is 6.54 Å². The number of benzene rings is 1. The third-order valence-corrected chi connectivity index (χ3v) is 3.57. The van der Waals surface area contributed by atoms with Gasteiger partial charge in [-0.1, -0.05) is 31.5 Å². The average molecular weight is 233 g/mol. The number of phenols is 1. The number of aryl methyl sites for hydroxylation is 1. The maximum absolute atomic E-state index is 9.87. The highest BCUT2D eigenvalue weighted by molar-refractivity contribution is 5.35. The molecule has 1 heterocycles. The number of aromatic hydroxyl groups is 1. The summed E-state index contributed by atoms with van der Waals surface area (Å²) in [6.07, 6.45) is 1.33. The lowest BCUT2D eigenvalue weighted by Crippen LogP contribution is -2.38. The summed E-state index contributed by atoms with van der Waals surface area (Å²) in [7, 11) is 0. The molecule has 0 spiro atoms. The second-order valence-electron chi connectivity index (χ2n) is 5.77. The normalized spacial score (nSPS) is 26.1. The van der Waals surface area contributed by atoms with Gasteiger partial charge < -0.3 is 5.11 Å². The van der Waals surface area contributed by atoms with E-state index in [1.165, 1.54) is 12.0 Å². The van der Waals surface area contributed by atoms with Gasteiger partial charge >= 0.3 is 0 Å². The van der Waals surface area contributed by atoms with Crippen LogP contribution in [0.25, 0.3) is 0 Å². The predicted octanol–water partition coefficient (Wildman–Crippen LogP) is 3.18. The van der Waals surface area contributed by atoms with Crippen molar-refractivity contribution in [3.63, 3.8) is 0 Å². The van der Waals surface area contributed by atoms with Crippen LogP contribution in [0.2, 0.25) is 0 Å². The van der Waals surface area contributed by atoms with Crippen molar-refractivity contribution in [2.75, 3.05) is 13.1 Å². The molecule has 1 aromatic rings. The van der Waals surface area contributed by atoms with Crippen LogP contribution in [0.3, 0.4) is 0 Å². The molecule has 0 aromatic heterocycles. The Morgan fingerprint density at radius 3 is 2.53 bits per heavy atom. The average Bonchev–Trinajstić information content (AvgIpc) is 2.22. The standard InChI is InChI=1S/C15H23NO/c1-11-4-5-15(17)14(7-11)10-16-8-12(2)6-13(3)9-16/h4-5,7,12-13,17H,6,8-10H2,1-3H3. The Balaban J connectivity index is 2.07. The van der Waals surface area contributed by atoms with E-state index in [4.69, 9.17) is 0 Å². The Morgan fingerprint density at radius 2 is 1.88 bits per heavy atom. The zero-order chi connectivity index (χ0) is 12.4. The number of hydrogen-bond donors (Lipinski definition) is 1. The fourth-order valence-electron chi connectivity index (χ4n) is 3.00. The predicted molar refractivity (Wildman–Crippen MR) is 71.1 cm³/mol. The van der Waals surface area contributed by atoms with Gasteiger partial charge in [-0.05, 0) is 31.2 Å². The quantitative estimate of drug-likeness (QED) is 0.848. The molecule has 2 rings (SSSR count). The molecule has 0 saturated carbocycles. The molecule has 17 heavy (non-hydrogen) atoms. The van der Waals surface area contributed by atoms with Crippen molar-refractivity contribution >= 4 is 0 Å². The van der Waals surface area contributed by atoms with E-state index in [2.05, 4.69) is 31.7 Å². The first-order chi connectivity index (χ1) is 8.04. The van der Waals surface area contributed by atoms with Crippen LogP contribution < -0.4 is 0 Å². The Hall–Kier alpha value is -1.02. The van der Waals surface area contributed by atoms with Gasteiger partial charge in [0.1, 0.15) is 5.75 Å². The van der Waals surface area contributed by atoms with Crippen LogP contribution >= 0.6 is 0 Å². The number of rotatable bonds is 2. The lowest BCUT2D eigenvalue weighted by atomic mass is 9.91. The van der Waals surface area contributed by atoms with E-state index in [9.17, 15) is 5.11 Å². The molecule has 2 unspecified atom stereocenters. The SMILES string of the molecule is Cc1ccc(O)c(CN2CC(C)CC(C)C2)c1. The van der Waals surface area contributed by atoms with Gasteiger partial charge in [0.25, 0.3) is 0 Å². The van der Waals surface area contributed by atoms with E-state index < -0.39 is 0 Å². The van der Waals surface area contributed by atoms with Gasteiger partial charge in [0.15, 0.2) is 0 Å². The molecular formula is C15H23NO. The van der Waals surface area contributed by atoms with E-state index in [1.54, 1.807) is 0 Å². The third kappa shape index (κ3) is 3.22. The molecule has 0 radical (unpaired) electrons. The lowest BCUT2D eigenvalue weighted by molar-refractivity contribution is 0.133. The summed E-state index contributed by atoms with van der Waals surface area (Å²) in [6.45, 7) is 9.89. The van der Waals surface area contributed by atoms with Gasteiger partial charge in [-0.3, -0.25) is 4.90 Å². The summed E-state index contributed by atoms with van der Waals surface area (Å²) in [5.41, 5.74) is 2.28. The molecule has 0 amide bonds. The molecule has 2 heteroatoms. The minimum Gasteiger partial charge on any atom is -0.508 e. The molecular weight excluding hydrogens is 210 g/mol. The highest BCUT2D eigenvalue weighted by Gasteiger charge is 2.22. The van der Waals surface area contributed by atoms with Crippen molar-refractivity contribution in [2.24, 2.45) is 11.8 Å². The number of piperidine rings is 1. The molecule has 1 saturated heterocycles. The maximum atomic E-state index is 9.87. The van der Waals surface area contributed by atoms with Crippen molar-refractivity contribution in [1.29, 1.82) is 0 Å². The smallest absolute Gasteiger partial charge is 0.120 e. The van der Waals surface area contributed by atoms with E-state index in [1.807, 2.05) is 12.1 Å². The van der Waals surface area contributed by atoms with Gasteiger partial charge in [-0.25, -0.2) is 0 Å². The van der Waals surface area contributed by atoms with Gasteiger partial charge in [0, 0.05) is 25.2 Å². The van der Waals surface area contributed by atoms with Crippen molar-refractivity contribution < 1.29 is 5.11 Å². The van der Waals surface area contributed by atoms with Crippen LogP contribution in [0.1, 0.15) is 31.4 Å². The Morgan fingerprint density at radius 1 is 1.24 bits per heavy atom. The van der Waals surface area contributed by atoms with E-state index >= 15 is 0 Å². The number of nitrogens with zero attached hydrogens (tertiary/aromatic N) is 1. The first-order valence-corrected chi connectivity index (χ1v) is 6.55. The summed E-state index contributed by atoms with van der Waals surface area (Å²) in [5, 5.41) is 9.87. The third-order valence-electron chi connectivity index (χ3n) is 3.57. The van der Waals surface area contributed by atoms with Crippen LogP contribution in [0.5, 0.6) is 5.75 Å². The fourth-order valence-corrected chi connectivity index (χ4v) is 3.00. The van der Waals surface area contributed by atoms with E-state index in [0.29, 0.717) is 5.75 Å². The molecule has 0 aliphatic carbocycles. The number of likely N-dealkylation sites (tertiary alicyclic amines) is 1. The van der Waals surface area contributed by atoms with Crippen molar-refractivity contribution in [3.05, 3.63) is 29.3 Å². The zero-order valence-electron chi connectivity index (χ0n) is 11.1. The van der Waals surface area contributed by atoms with Crippen LogP contribution in [0.15, 0.2) is 18.2 Å². The van der Waals surface area contributed by atoms with Gasteiger partial charge in [-0.2, -0.15) is 0 Å². The Bertz CT molecular complexity index is 379. The van der Waals surface area contributed by atoms with Crippen LogP contribution in [-0.4, -0.2) is 23.1 Å².